The first-order valence-electron chi connectivity index (χ1n) is 8.45. The molecule has 1 N–H and O–H groups in total. The Balaban J connectivity index is 2.16. The predicted octanol–water partition coefficient (Wildman–Crippen LogP) is 3.86. The van der Waals surface area contributed by atoms with Gasteiger partial charge in [0.05, 0.1) is 5.69 Å². The highest BCUT2D eigenvalue weighted by atomic mass is 19.4. The van der Waals surface area contributed by atoms with E-state index in [-0.39, 0.29) is 17.2 Å². The van der Waals surface area contributed by atoms with Crippen LogP contribution in [0.4, 0.5) is 26.3 Å². The van der Waals surface area contributed by atoms with E-state index in [4.69, 9.17) is 4.74 Å². The van der Waals surface area contributed by atoms with Crippen LogP contribution in [0, 0.1) is 5.82 Å². The largest absolute Gasteiger partial charge is 0.485 e. The Hall–Kier alpha value is -3.70. The third-order valence-corrected chi connectivity index (χ3v) is 3.94. The molecular formula is C19H12F6N2O4. The highest BCUT2D eigenvalue weighted by Gasteiger charge is 2.36. The summed E-state index contributed by atoms with van der Waals surface area (Å²) in [6, 6.07) is 9.27. The molecule has 0 saturated carbocycles. The van der Waals surface area contributed by atoms with Crippen molar-refractivity contribution in [2.45, 2.75) is 19.4 Å². The van der Waals surface area contributed by atoms with Crippen LogP contribution < -0.4 is 20.7 Å². The van der Waals surface area contributed by atoms with Crippen molar-refractivity contribution in [1.82, 2.24) is 9.55 Å². The number of benzene rings is 2. The van der Waals surface area contributed by atoms with E-state index >= 15 is 0 Å². The fourth-order valence-electron chi connectivity index (χ4n) is 2.68. The maximum absolute atomic E-state index is 14.6. The Kier molecular flexibility index (Phi) is 6.09. The van der Waals surface area contributed by atoms with Crippen LogP contribution in [-0.2, 0) is 12.8 Å². The molecule has 0 radical (unpaired) electrons. The molecule has 0 atom stereocenters. The predicted molar refractivity (Wildman–Crippen MR) is 95.0 cm³/mol. The standard InChI is InChI=1S/C19H12F6N2O4/c20-11-6-14(31-17(21)22)13(30-9-10-4-2-1-3-5-10)7-12(11)27-15(19(23,24)25)8-16(28)26-18(27)29/h1-8,17H,9H2,(H,26,28,29). The monoisotopic (exact) mass is 446 g/mol. The van der Waals surface area contributed by atoms with E-state index in [1.54, 1.807) is 35.3 Å². The summed E-state index contributed by atoms with van der Waals surface area (Å²) in [5.74, 6) is -2.84. The lowest BCUT2D eigenvalue weighted by Crippen LogP contribution is -2.34. The minimum atomic E-state index is -5.21. The van der Waals surface area contributed by atoms with Gasteiger partial charge in [0.2, 0.25) is 0 Å². The molecule has 1 heterocycles. The summed E-state index contributed by atoms with van der Waals surface area (Å²) in [5.41, 5.74) is -5.13. The molecule has 0 amide bonds. The smallest absolute Gasteiger partial charge is 0.432 e. The summed E-state index contributed by atoms with van der Waals surface area (Å²) in [6.07, 6.45) is -5.21. The third-order valence-electron chi connectivity index (χ3n) is 3.94. The second-order valence-corrected chi connectivity index (χ2v) is 6.06. The van der Waals surface area contributed by atoms with Crippen LogP contribution in [-0.4, -0.2) is 16.2 Å². The number of hydrogen-bond donors (Lipinski definition) is 1. The zero-order valence-electron chi connectivity index (χ0n) is 15.3. The number of nitrogens with zero attached hydrogens (tertiary/aromatic N) is 1. The molecule has 0 aliphatic rings. The van der Waals surface area contributed by atoms with E-state index in [9.17, 15) is 35.9 Å². The number of rotatable bonds is 6. The maximum atomic E-state index is 14.6. The van der Waals surface area contributed by atoms with Crippen molar-refractivity contribution >= 4 is 0 Å². The zero-order chi connectivity index (χ0) is 22.8. The second kappa shape index (κ2) is 8.58. The molecule has 31 heavy (non-hydrogen) atoms. The molecule has 0 aliphatic carbocycles. The average molecular weight is 446 g/mol. The van der Waals surface area contributed by atoms with Gasteiger partial charge in [-0.05, 0) is 5.56 Å². The van der Waals surface area contributed by atoms with Gasteiger partial charge in [-0.25, -0.2) is 9.18 Å². The van der Waals surface area contributed by atoms with Crippen molar-refractivity contribution in [2.24, 2.45) is 0 Å². The fraction of sp³-hybridized carbons (Fsp3) is 0.158. The molecule has 3 aromatic rings. The van der Waals surface area contributed by atoms with Gasteiger partial charge in [-0.15, -0.1) is 0 Å². The zero-order valence-corrected chi connectivity index (χ0v) is 15.3. The minimum Gasteiger partial charge on any atom is -0.485 e. The third kappa shape index (κ3) is 5.08. The van der Waals surface area contributed by atoms with Gasteiger partial charge in [-0.1, -0.05) is 30.3 Å². The Labute approximate surface area is 169 Å². The molecule has 0 fully saturated rings. The Morgan fingerprint density at radius 3 is 2.29 bits per heavy atom. The van der Waals surface area contributed by atoms with Gasteiger partial charge in [-0.2, -0.15) is 22.0 Å². The van der Waals surface area contributed by atoms with Gasteiger partial charge in [0.25, 0.3) is 5.56 Å². The summed E-state index contributed by atoms with van der Waals surface area (Å²) in [6.45, 7) is -3.61. The highest BCUT2D eigenvalue weighted by Crippen LogP contribution is 2.36. The number of nitrogens with one attached hydrogen (secondary N) is 1. The van der Waals surface area contributed by atoms with Crippen molar-refractivity contribution < 1.29 is 35.8 Å². The average Bonchev–Trinajstić information content (AvgIpc) is 2.67. The van der Waals surface area contributed by atoms with Crippen molar-refractivity contribution in [3.63, 3.8) is 0 Å². The summed E-state index contributed by atoms with van der Waals surface area (Å²) in [5, 5.41) is 0. The molecular weight excluding hydrogens is 434 g/mol. The van der Waals surface area contributed by atoms with Crippen LogP contribution in [0.2, 0.25) is 0 Å². The normalized spacial score (nSPS) is 11.6. The minimum absolute atomic E-state index is 0.0644. The first kappa shape index (κ1) is 22.0. The number of hydrogen-bond acceptors (Lipinski definition) is 4. The quantitative estimate of drug-likeness (QED) is 0.584. The second-order valence-electron chi connectivity index (χ2n) is 6.06. The Morgan fingerprint density at radius 1 is 1.00 bits per heavy atom. The van der Waals surface area contributed by atoms with Crippen molar-refractivity contribution in [2.75, 3.05) is 0 Å². The first-order valence-corrected chi connectivity index (χ1v) is 8.45. The molecule has 164 valence electrons. The van der Waals surface area contributed by atoms with Crippen LogP contribution in [0.25, 0.3) is 5.69 Å². The van der Waals surface area contributed by atoms with Crippen LogP contribution in [0.3, 0.4) is 0 Å². The molecule has 3 rings (SSSR count). The van der Waals surface area contributed by atoms with Crippen LogP contribution in [0.15, 0.2) is 58.1 Å². The van der Waals surface area contributed by atoms with Crippen LogP contribution in [0.5, 0.6) is 11.5 Å². The van der Waals surface area contributed by atoms with E-state index in [1.807, 2.05) is 0 Å². The lowest BCUT2D eigenvalue weighted by molar-refractivity contribution is -0.143. The molecule has 1 aromatic heterocycles. The number of alkyl halides is 5. The van der Waals surface area contributed by atoms with Gasteiger partial charge in [0, 0.05) is 18.2 Å². The molecule has 12 heteroatoms. The topological polar surface area (TPSA) is 73.3 Å². The molecule has 2 aromatic carbocycles. The van der Waals surface area contributed by atoms with Gasteiger partial charge in [0.1, 0.15) is 12.3 Å². The van der Waals surface area contributed by atoms with E-state index in [2.05, 4.69) is 4.74 Å². The summed E-state index contributed by atoms with van der Waals surface area (Å²) < 4.78 is 89.4. The van der Waals surface area contributed by atoms with Gasteiger partial charge in [0.15, 0.2) is 17.3 Å². The van der Waals surface area contributed by atoms with Crippen LogP contribution >= 0.6 is 0 Å². The van der Waals surface area contributed by atoms with Gasteiger partial charge in [-0.3, -0.25) is 14.3 Å². The first-order chi connectivity index (χ1) is 14.6. The van der Waals surface area contributed by atoms with Gasteiger partial charge < -0.3 is 9.47 Å². The van der Waals surface area contributed by atoms with E-state index in [0.717, 1.165) is 0 Å². The summed E-state index contributed by atoms with van der Waals surface area (Å²) in [7, 11) is 0. The molecule has 0 spiro atoms. The van der Waals surface area contributed by atoms with Crippen molar-refractivity contribution in [3.05, 3.63) is 86.4 Å². The van der Waals surface area contributed by atoms with Crippen LogP contribution in [0.1, 0.15) is 11.3 Å². The SMILES string of the molecule is O=c1cc(C(F)(F)F)n(-c2cc(OCc3ccccc3)c(OC(F)F)cc2F)c(=O)[nH]1. The molecule has 0 aliphatic heterocycles. The molecule has 0 unspecified atom stereocenters. The van der Waals surface area contributed by atoms with Crippen molar-refractivity contribution in [1.29, 1.82) is 0 Å². The fourth-order valence-corrected chi connectivity index (χ4v) is 2.68. The molecule has 0 bridgehead atoms. The lowest BCUT2D eigenvalue weighted by atomic mass is 10.2. The highest BCUT2D eigenvalue weighted by molar-refractivity contribution is 5.51. The number of aromatic amines is 1. The molecule has 0 saturated heterocycles. The van der Waals surface area contributed by atoms with E-state index in [1.165, 1.54) is 0 Å². The Bertz CT molecular complexity index is 1190. The molecule has 6 nitrogen and oxygen atoms in total. The number of H-pyrrole nitrogens is 1. The summed E-state index contributed by atoms with van der Waals surface area (Å²) >= 11 is 0. The summed E-state index contributed by atoms with van der Waals surface area (Å²) in [4.78, 5) is 25.0. The maximum Gasteiger partial charge on any atom is 0.432 e. The lowest BCUT2D eigenvalue weighted by Gasteiger charge is -2.18. The Morgan fingerprint density at radius 2 is 1.68 bits per heavy atom. The van der Waals surface area contributed by atoms with Crippen molar-refractivity contribution in [3.8, 4) is 17.2 Å². The number of halogens is 6. The van der Waals surface area contributed by atoms with Gasteiger partial charge >= 0.3 is 18.5 Å². The van der Waals surface area contributed by atoms with E-state index < -0.39 is 52.7 Å². The van der Waals surface area contributed by atoms with E-state index in [0.29, 0.717) is 17.7 Å². The number of ether oxygens (including phenoxy) is 2. The number of aromatic nitrogens is 2.